The fourth-order valence-corrected chi connectivity index (χ4v) is 2.54. The van der Waals surface area contributed by atoms with Gasteiger partial charge >= 0.3 is 0 Å². The molecule has 2 rings (SSSR count). The molecule has 1 aromatic heterocycles. The van der Waals surface area contributed by atoms with Gasteiger partial charge in [0.05, 0.1) is 4.90 Å². The van der Waals surface area contributed by atoms with Crippen LogP contribution in [0.25, 0.3) is 0 Å². The quantitative estimate of drug-likeness (QED) is 0.897. The van der Waals surface area contributed by atoms with E-state index in [2.05, 4.69) is 24.1 Å². The molecule has 1 aromatic carbocycles. The van der Waals surface area contributed by atoms with Crippen molar-refractivity contribution in [3.63, 3.8) is 0 Å². The van der Waals surface area contributed by atoms with Crippen molar-refractivity contribution in [3.05, 3.63) is 54.0 Å². The summed E-state index contributed by atoms with van der Waals surface area (Å²) in [6.45, 7) is 4.81. The monoisotopic (exact) mass is 276 g/mol. The van der Waals surface area contributed by atoms with Gasteiger partial charge in [0.25, 0.3) is 0 Å². The second kappa shape index (κ2) is 6.68. The lowest BCUT2D eigenvalue weighted by Gasteiger charge is -2.12. The van der Waals surface area contributed by atoms with E-state index in [-0.39, 0.29) is 5.82 Å². The van der Waals surface area contributed by atoms with Crippen molar-refractivity contribution < 1.29 is 4.39 Å². The predicted molar refractivity (Wildman–Crippen MR) is 76.7 cm³/mol. The third kappa shape index (κ3) is 4.04. The zero-order valence-electron chi connectivity index (χ0n) is 11.1. The van der Waals surface area contributed by atoms with Crippen LogP contribution in [0.2, 0.25) is 0 Å². The Labute approximate surface area is 117 Å². The van der Waals surface area contributed by atoms with Crippen molar-refractivity contribution in [3.8, 4) is 0 Å². The Morgan fingerprint density at radius 1 is 1.21 bits per heavy atom. The summed E-state index contributed by atoms with van der Waals surface area (Å²) in [5, 5.41) is 4.12. The second-order valence-electron chi connectivity index (χ2n) is 4.53. The van der Waals surface area contributed by atoms with Gasteiger partial charge in [0.1, 0.15) is 10.8 Å². The highest BCUT2D eigenvalue weighted by molar-refractivity contribution is 7.99. The molecule has 0 aliphatic rings. The van der Waals surface area contributed by atoms with Crippen LogP contribution in [0.4, 0.5) is 4.39 Å². The van der Waals surface area contributed by atoms with Crippen molar-refractivity contribution in [1.82, 2.24) is 10.3 Å². The molecule has 0 bridgehead atoms. The van der Waals surface area contributed by atoms with Gasteiger partial charge < -0.3 is 5.32 Å². The average molecular weight is 276 g/mol. The van der Waals surface area contributed by atoms with Crippen molar-refractivity contribution >= 4 is 11.8 Å². The summed E-state index contributed by atoms with van der Waals surface area (Å²) in [7, 11) is 0. The molecular weight excluding hydrogens is 259 g/mol. The maximum absolute atomic E-state index is 14.0. The highest BCUT2D eigenvalue weighted by Crippen LogP contribution is 2.31. The van der Waals surface area contributed by atoms with Crippen LogP contribution in [-0.2, 0) is 6.54 Å². The molecule has 0 aliphatic heterocycles. The fraction of sp³-hybridized carbons (Fsp3) is 0.267. The predicted octanol–water partition coefficient (Wildman–Crippen LogP) is 3.87. The van der Waals surface area contributed by atoms with E-state index in [1.165, 1.54) is 17.8 Å². The third-order valence-corrected chi connectivity index (χ3v) is 3.71. The molecular formula is C15H17FN2S. The van der Waals surface area contributed by atoms with Gasteiger partial charge in [-0.15, -0.1) is 0 Å². The summed E-state index contributed by atoms with van der Waals surface area (Å²) >= 11 is 1.37. The molecule has 0 spiro atoms. The summed E-state index contributed by atoms with van der Waals surface area (Å²) in [5.41, 5.74) is 0.962. The number of nitrogens with zero attached hydrogens (tertiary/aromatic N) is 1. The molecule has 0 fully saturated rings. The first-order chi connectivity index (χ1) is 9.16. The van der Waals surface area contributed by atoms with Gasteiger partial charge in [-0.25, -0.2) is 9.37 Å². The summed E-state index contributed by atoms with van der Waals surface area (Å²) in [6, 6.07) is 11.2. The zero-order chi connectivity index (χ0) is 13.7. The SMILES string of the molecule is CC(C)NCc1cccc(F)c1Sc1ccccn1. The molecule has 0 aliphatic carbocycles. The molecule has 0 radical (unpaired) electrons. The number of benzene rings is 1. The van der Waals surface area contributed by atoms with Crippen LogP contribution in [0.1, 0.15) is 19.4 Å². The molecule has 1 heterocycles. The molecule has 100 valence electrons. The molecule has 0 saturated heterocycles. The lowest BCUT2D eigenvalue weighted by atomic mass is 10.2. The van der Waals surface area contributed by atoms with Crippen molar-refractivity contribution in [1.29, 1.82) is 0 Å². The minimum atomic E-state index is -0.196. The lowest BCUT2D eigenvalue weighted by Crippen LogP contribution is -2.22. The van der Waals surface area contributed by atoms with Crippen LogP contribution >= 0.6 is 11.8 Å². The normalized spacial score (nSPS) is 10.9. The number of hydrogen-bond donors (Lipinski definition) is 1. The van der Waals surface area contributed by atoms with Gasteiger partial charge in [0.2, 0.25) is 0 Å². The van der Waals surface area contributed by atoms with Crippen LogP contribution in [-0.4, -0.2) is 11.0 Å². The maximum atomic E-state index is 14.0. The Morgan fingerprint density at radius 2 is 2.05 bits per heavy atom. The van der Waals surface area contributed by atoms with Gasteiger partial charge in [0, 0.05) is 18.8 Å². The fourth-order valence-electron chi connectivity index (χ4n) is 1.63. The summed E-state index contributed by atoms with van der Waals surface area (Å²) in [6.07, 6.45) is 1.72. The van der Waals surface area contributed by atoms with Gasteiger partial charge in [-0.1, -0.05) is 43.8 Å². The number of aromatic nitrogens is 1. The molecule has 2 aromatic rings. The zero-order valence-corrected chi connectivity index (χ0v) is 11.9. The van der Waals surface area contributed by atoms with E-state index in [1.54, 1.807) is 12.3 Å². The molecule has 2 nitrogen and oxygen atoms in total. The topological polar surface area (TPSA) is 24.9 Å². The van der Waals surface area contributed by atoms with Crippen molar-refractivity contribution in [2.75, 3.05) is 0 Å². The van der Waals surface area contributed by atoms with Gasteiger partial charge in [-0.3, -0.25) is 0 Å². The Hall–Kier alpha value is -1.39. The molecule has 0 atom stereocenters. The largest absolute Gasteiger partial charge is 0.310 e. The van der Waals surface area contributed by atoms with Crippen LogP contribution in [0.15, 0.2) is 52.5 Å². The number of pyridine rings is 1. The first-order valence-electron chi connectivity index (χ1n) is 6.26. The van der Waals surface area contributed by atoms with Crippen LogP contribution in [0.5, 0.6) is 0 Å². The number of nitrogens with one attached hydrogen (secondary N) is 1. The lowest BCUT2D eigenvalue weighted by molar-refractivity contribution is 0.564. The van der Waals surface area contributed by atoms with E-state index in [9.17, 15) is 4.39 Å². The first-order valence-corrected chi connectivity index (χ1v) is 7.08. The molecule has 1 N–H and O–H groups in total. The number of hydrogen-bond acceptors (Lipinski definition) is 3. The molecule has 0 amide bonds. The average Bonchev–Trinajstić information content (AvgIpc) is 2.40. The van der Waals surface area contributed by atoms with E-state index in [4.69, 9.17) is 0 Å². The standard InChI is InChI=1S/C15H17FN2S/c1-11(2)18-10-12-6-5-7-13(16)15(12)19-14-8-3-4-9-17-14/h3-9,11,18H,10H2,1-2H3. The second-order valence-corrected chi connectivity index (χ2v) is 5.56. The van der Waals surface area contributed by atoms with E-state index in [0.29, 0.717) is 17.5 Å². The number of halogens is 1. The molecule has 0 saturated carbocycles. The van der Waals surface area contributed by atoms with Crippen LogP contribution in [0, 0.1) is 5.82 Å². The molecule has 4 heteroatoms. The summed E-state index contributed by atoms with van der Waals surface area (Å²) in [5.74, 6) is -0.196. The minimum absolute atomic E-state index is 0.196. The Morgan fingerprint density at radius 3 is 2.74 bits per heavy atom. The maximum Gasteiger partial charge on any atom is 0.137 e. The summed E-state index contributed by atoms with van der Waals surface area (Å²) < 4.78 is 14.0. The Balaban J connectivity index is 2.22. The number of rotatable bonds is 5. The van der Waals surface area contributed by atoms with Crippen molar-refractivity contribution in [2.45, 2.75) is 36.4 Å². The Bertz CT molecular complexity index is 529. The van der Waals surface area contributed by atoms with E-state index in [0.717, 1.165) is 10.6 Å². The van der Waals surface area contributed by atoms with Gasteiger partial charge in [-0.05, 0) is 23.8 Å². The highest BCUT2D eigenvalue weighted by Gasteiger charge is 2.10. The molecule has 19 heavy (non-hydrogen) atoms. The van der Waals surface area contributed by atoms with Crippen LogP contribution < -0.4 is 5.32 Å². The molecule has 0 unspecified atom stereocenters. The van der Waals surface area contributed by atoms with Gasteiger partial charge in [0.15, 0.2) is 0 Å². The third-order valence-electron chi connectivity index (χ3n) is 2.59. The minimum Gasteiger partial charge on any atom is -0.310 e. The highest BCUT2D eigenvalue weighted by atomic mass is 32.2. The van der Waals surface area contributed by atoms with E-state index in [1.807, 2.05) is 24.3 Å². The van der Waals surface area contributed by atoms with Crippen molar-refractivity contribution in [2.24, 2.45) is 0 Å². The van der Waals surface area contributed by atoms with E-state index >= 15 is 0 Å². The van der Waals surface area contributed by atoms with E-state index < -0.39 is 0 Å². The van der Waals surface area contributed by atoms with Gasteiger partial charge in [-0.2, -0.15) is 0 Å². The first kappa shape index (κ1) is 14.0. The smallest absolute Gasteiger partial charge is 0.137 e. The Kier molecular flexibility index (Phi) is 4.93. The van der Waals surface area contributed by atoms with Crippen LogP contribution in [0.3, 0.4) is 0 Å². The summed E-state index contributed by atoms with van der Waals surface area (Å²) in [4.78, 5) is 4.87.